The third kappa shape index (κ3) is 3.20. The third-order valence-corrected chi connectivity index (χ3v) is 3.78. The van der Waals surface area contributed by atoms with Crippen LogP contribution >= 0.6 is 11.6 Å². The number of aliphatic carboxylic acids is 1. The van der Waals surface area contributed by atoms with Crippen LogP contribution in [0.1, 0.15) is 18.4 Å². The van der Waals surface area contributed by atoms with Gasteiger partial charge in [0.2, 0.25) is 5.91 Å². The van der Waals surface area contributed by atoms with Crippen molar-refractivity contribution < 1.29 is 14.7 Å². The van der Waals surface area contributed by atoms with Crippen molar-refractivity contribution in [2.75, 3.05) is 5.32 Å². The molecule has 5 heteroatoms. The molecule has 0 aromatic heterocycles. The normalized spacial score (nSPS) is 21.5. The minimum atomic E-state index is -0.933. The summed E-state index contributed by atoms with van der Waals surface area (Å²) in [7, 11) is 0. The molecule has 0 heterocycles. The summed E-state index contributed by atoms with van der Waals surface area (Å²) in [6.07, 6.45) is 4.51. The number of carboxylic acid groups (broad SMARTS) is 1. The second-order valence-electron chi connectivity index (χ2n) is 4.94. The Kier molecular flexibility index (Phi) is 4.45. The van der Waals surface area contributed by atoms with Crippen LogP contribution in [0.15, 0.2) is 30.4 Å². The summed E-state index contributed by atoms with van der Waals surface area (Å²) in [5, 5.41) is 12.5. The lowest BCUT2D eigenvalue weighted by Gasteiger charge is -2.24. The van der Waals surface area contributed by atoms with Gasteiger partial charge in [-0.2, -0.15) is 0 Å². The summed E-state index contributed by atoms with van der Waals surface area (Å²) < 4.78 is 0. The van der Waals surface area contributed by atoms with Gasteiger partial charge in [0.25, 0.3) is 0 Å². The topological polar surface area (TPSA) is 66.4 Å². The van der Waals surface area contributed by atoms with E-state index in [1.807, 2.05) is 25.1 Å². The van der Waals surface area contributed by atoms with E-state index in [4.69, 9.17) is 11.6 Å². The molecule has 20 heavy (non-hydrogen) atoms. The molecule has 0 unspecified atom stereocenters. The maximum Gasteiger partial charge on any atom is 0.307 e. The molecule has 2 atom stereocenters. The first kappa shape index (κ1) is 14.6. The highest BCUT2D eigenvalue weighted by atomic mass is 35.5. The molecule has 1 amide bonds. The number of benzene rings is 1. The average Bonchev–Trinajstić information content (AvgIpc) is 2.42. The Labute approximate surface area is 122 Å². The van der Waals surface area contributed by atoms with Crippen molar-refractivity contribution in [1.82, 2.24) is 0 Å². The summed E-state index contributed by atoms with van der Waals surface area (Å²) in [4.78, 5) is 23.5. The number of hydrogen-bond donors (Lipinski definition) is 2. The summed E-state index contributed by atoms with van der Waals surface area (Å²) in [6, 6.07) is 5.23. The van der Waals surface area contributed by atoms with E-state index >= 15 is 0 Å². The number of anilines is 1. The number of amides is 1. The van der Waals surface area contributed by atoms with Crippen LogP contribution in [0.5, 0.6) is 0 Å². The Morgan fingerprint density at radius 3 is 2.55 bits per heavy atom. The highest BCUT2D eigenvalue weighted by Gasteiger charge is 2.34. The Morgan fingerprint density at radius 1 is 1.25 bits per heavy atom. The van der Waals surface area contributed by atoms with Crippen molar-refractivity contribution in [1.29, 1.82) is 0 Å². The molecule has 1 aliphatic carbocycles. The molecule has 0 spiro atoms. The first-order chi connectivity index (χ1) is 9.49. The number of rotatable bonds is 3. The molecular weight excluding hydrogens is 278 g/mol. The van der Waals surface area contributed by atoms with Crippen LogP contribution in [0.25, 0.3) is 0 Å². The minimum Gasteiger partial charge on any atom is -0.481 e. The molecule has 2 rings (SSSR count). The summed E-state index contributed by atoms with van der Waals surface area (Å²) in [6.45, 7) is 1.86. The lowest BCUT2D eigenvalue weighted by atomic mass is 9.82. The molecule has 0 bridgehead atoms. The zero-order chi connectivity index (χ0) is 14.7. The number of carboxylic acids is 1. The molecule has 2 N–H and O–H groups in total. The van der Waals surface area contributed by atoms with Gasteiger partial charge >= 0.3 is 5.97 Å². The summed E-state index contributed by atoms with van der Waals surface area (Å²) >= 11 is 5.91. The number of allylic oxidation sites excluding steroid dienone is 2. The summed E-state index contributed by atoms with van der Waals surface area (Å²) in [5.74, 6) is -2.42. The predicted molar refractivity (Wildman–Crippen MR) is 77.8 cm³/mol. The van der Waals surface area contributed by atoms with E-state index in [1.54, 1.807) is 12.1 Å². The molecule has 0 fully saturated rings. The number of aryl methyl sites for hydroxylation is 1. The van der Waals surface area contributed by atoms with Crippen molar-refractivity contribution in [3.05, 3.63) is 40.9 Å². The SMILES string of the molecule is Cc1ccc(Cl)cc1NC(=O)[C@H]1CC=CC[C@@H]1C(=O)O. The van der Waals surface area contributed by atoms with Crippen LogP contribution in [0.3, 0.4) is 0 Å². The van der Waals surface area contributed by atoms with Gasteiger partial charge in [-0.3, -0.25) is 9.59 Å². The van der Waals surface area contributed by atoms with Gasteiger partial charge in [-0.05, 0) is 37.5 Å². The fraction of sp³-hybridized carbons (Fsp3) is 0.333. The van der Waals surface area contributed by atoms with Crippen molar-refractivity contribution in [3.8, 4) is 0 Å². The van der Waals surface area contributed by atoms with Gasteiger partial charge < -0.3 is 10.4 Å². The molecular formula is C15H16ClNO3. The maximum atomic E-state index is 12.3. The Bertz CT molecular complexity index is 568. The van der Waals surface area contributed by atoms with Crippen LogP contribution in [0.2, 0.25) is 5.02 Å². The smallest absolute Gasteiger partial charge is 0.307 e. The zero-order valence-corrected chi connectivity index (χ0v) is 11.9. The van der Waals surface area contributed by atoms with E-state index in [0.29, 0.717) is 23.6 Å². The first-order valence-corrected chi connectivity index (χ1v) is 6.81. The zero-order valence-electron chi connectivity index (χ0n) is 11.1. The van der Waals surface area contributed by atoms with Gasteiger partial charge in [0, 0.05) is 10.7 Å². The predicted octanol–water partition coefficient (Wildman–Crippen LogP) is 3.25. The number of nitrogens with one attached hydrogen (secondary N) is 1. The summed E-state index contributed by atoms with van der Waals surface area (Å²) in [5.41, 5.74) is 1.52. The maximum absolute atomic E-state index is 12.3. The first-order valence-electron chi connectivity index (χ1n) is 6.44. The van der Waals surface area contributed by atoms with Crippen LogP contribution in [0.4, 0.5) is 5.69 Å². The molecule has 1 aliphatic rings. The van der Waals surface area contributed by atoms with E-state index in [1.165, 1.54) is 0 Å². The molecule has 0 radical (unpaired) electrons. The molecule has 1 aromatic rings. The van der Waals surface area contributed by atoms with E-state index < -0.39 is 17.8 Å². The van der Waals surface area contributed by atoms with Crippen LogP contribution in [-0.4, -0.2) is 17.0 Å². The van der Waals surface area contributed by atoms with Crippen molar-refractivity contribution >= 4 is 29.2 Å². The fourth-order valence-corrected chi connectivity index (χ4v) is 2.50. The van der Waals surface area contributed by atoms with Crippen molar-refractivity contribution in [3.63, 3.8) is 0 Å². The second-order valence-corrected chi connectivity index (χ2v) is 5.38. The van der Waals surface area contributed by atoms with E-state index in [9.17, 15) is 14.7 Å². The lowest BCUT2D eigenvalue weighted by Crippen LogP contribution is -2.34. The van der Waals surface area contributed by atoms with Crippen LogP contribution in [0, 0.1) is 18.8 Å². The third-order valence-electron chi connectivity index (χ3n) is 3.54. The standard InChI is InChI=1S/C15H16ClNO3/c1-9-6-7-10(16)8-13(9)17-14(18)11-4-2-3-5-12(11)15(19)20/h2-3,6-8,11-12H,4-5H2,1H3,(H,17,18)(H,19,20)/t11-,12-/m0/s1. The highest BCUT2D eigenvalue weighted by Crippen LogP contribution is 2.28. The van der Waals surface area contributed by atoms with E-state index in [0.717, 1.165) is 5.56 Å². The Hall–Kier alpha value is -1.81. The lowest BCUT2D eigenvalue weighted by molar-refractivity contribution is -0.146. The monoisotopic (exact) mass is 293 g/mol. The van der Waals surface area contributed by atoms with Gasteiger partial charge in [-0.1, -0.05) is 29.8 Å². The molecule has 1 aromatic carbocycles. The van der Waals surface area contributed by atoms with E-state index in [2.05, 4.69) is 5.32 Å². The number of hydrogen-bond acceptors (Lipinski definition) is 2. The van der Waals surface area contributed by atoms with Gasteiger partial charge in [-0.15, -0.1) is 0 Å². The molecule has 4 nitrogen and oxygen atoms in total. The van der Waals surface area contributed by atoms with Crippen LogP contribution in [-0.2, 0) is 9.59 Å². The largest absolute Gasteiger partial charge is 0.481 e. The number of halogens is 1. The van der Waals surface area contributed by atoms with Crippen molar-refractivity contribution in [2.45, 2.75) is 19.8 Å². The van der Waals surface area contributed by atoms with Gasteiger partial charge in [0.1, 0.15) is 0 Å². The Morgan fingerprint density at radius 2 is 1.90 bits per heavy atom. The van der Waals surface area contributed by atoms with Gasteiger partial charge in [0.05, 0.1) is 11.8 Å². The van der Waals surface area contributed by atoms with E-state index in [-0.39, 0.29) is 5.91 Å². The number of carbonyl (C=O) groups excluding carboxylic acids is 1. The van der Waals surface area contributed by atoms with Gasteiger partial charge in [-0.25, -0.2) is 0 Å². The Balaban J connectivity index is 2.16. The molecule has 106 valence electrons. The molecule has 0 saturated heterocycles. The average molecular weight is 294 g/mol. The quantitative estimate of drug-likeness (QED) is 0.841. The molecule has 0 aliphatic heterocycles. The van der Waals surface area contributed by atoms with Crippen LogP contribution < -0.4 is 5.32 Å². The second kappa shape index (κ2) is 6.09. The fourth-order valence-electron chi connectivity index (χ4n) is 2.33. The van der Waals surface area contributed by atoms with Crippen molar-refractivity contribution in [2.24, 2.45) is 11.8 Å². The van der Waals surface area contributed by atoms with Gasteiger partial charge in [0.15, 0.2) is 0 Å². The minimum absolute atomic E-state index is 0.271. The highest BCUT2D eigenvalue weighted by molar-refractivity contribution is 6.31. The molecule has 0 saturated carbocycles. The number of carbonyl (C=O) groups is 2.